The van der Waals surface area contributed by atoms with Gasteiger partial charge in [-0.15, -0.1) is 0 Å². The number of nitrogens with two attached hydrogens (primary N) is 1. The number of aromatic nitrogens is 1. The molecule has 17 heavy (non-hydrogen) atoms. The normalized spacial score (nSPS) is 10.6. The number of nitrogens with zero attached hydrogens (tertiary/aromatic N) is 1. The fraction of sp³-hybridized carbons (Fsp3) is 0.250. The van der Waals surface area contributed by atoms with Gasteiger partial charge in [-0.05, 0) is 19.9 Å². The Morgan fingerprint density at radius 3 is 2.53 bits per heavy atom. The molecular formula is C12H13ClN2O2. The smallest absolute Gasteiger partial charge is 0.222 e. The van der Waals surface area contributed by atoms with Crippen molar-refractivity contribution in [1.29, 1.82) is 0 Å². The van der Waals surface area contributed by atoms with Crippen LogP contribution in [0.4, 0.5) is 5.88 Å². The van der Waals surface area contributed by atoms with E-state index in [1.54, 1.807) is 13.2 Å². The zero-order valence-electron chi connectivity index (χ0n) is 9.87. The van der Waals surface area contributed by atoms with E-state index < -0.39 is 0 Å². The van der Waals surface area contributed by atoms with Crippen LogP contribution >= 0.6 is 11.6 Å². The molecule has 1 aromatic carbocycles. The van der Waals surface area contributed by atoms with E-state index in [1.807, 2.05) is 19.9 Å². The standard InChI is InChI=1S/C12H13ClN2O2/c1-6-8(10-5-11(14)17-15-10)4-9(13)7(2)12(6)16-3/h4-5H,14H2,1-3H3. The zero-order chi connectivity index (χ0) is 12.6. The Labute approximate surface area is 104 Å². The molecular weight excluding hydrogens is 240 g/mol. The quantitative estimate of drug-likeness (QED) is 0.892. The van der Waals surface area contributed by atoms with Gasteiger partial charge < -0.3 is 15.0 Å². The maximum Gasteiger partial charge on any atom is 0.222 e. The average Bonchev–Trinajstić information content (AvgIpc) is 2.71. The molecule has 0 unspecified atom stereocenters. The van der Waals surface area contributed by atoms with E-state index in [0.717, 1.165) is 22.4 Å². The van der Waals surface area contributed by atoms with E-state index in [1.165, 1.54) is 0 Å². The molecule has 2 aromatic rings. The molecule has 0 amide bonds. The van der Waals surface area contributed by atoms with Gasteiger partial charge in [0.1, 0.15) is 11.4 Å². The summed E-state index contributed by atoms with van der Waals surface area (Å²) in [4.78, 5) is 0. The van der Waals surface area contributed by atoms with Crippen LogP contribution in [0.5, 0.6) is 5.75 Å². The van der Waals surface area contributed by atoms with Crippen molar-refractivity contribution < 1.29 is 9.26 Å². The van der Waals surface area contributed by atoms with Gasteiger partial charge in [-0.3, -0.25) is 0 Å². The van der Waals surface area contributed by atoms with Crippen LogP contribution in [0.3, 0.4) is 0 Å². The summed E-state index contributed by atoms with van der Waals surface area (Å²) in [7, 11) is 1.62. The summed E-state index contributed by atoms with van der Waals surface area (Å²) in [6.07, 6.45) is 0. The van der Waals surface area contributed by atoms with Crippen molar-refractivity contribution in [1.82, 2.24) is 5.16 Å². The Morgan fingerprint density at radius 1 is 1.29 bits per heavy atom. The monoisotopic (exact) mass is 252 g/mol. The number of rotatable bonds is 2. The molecule has 0 radical (unpaired) electrons. The third-order valence-electron chi connectivity index (χ3n) is 2.72. The first-order chi connectivity index (χ1) is 8.04. The molecule has 0 aliphatic carbocycles. The molecule has 2 N–H and O–H groups in total. The zero-order valence-corrected chi connectivity index (χ0v) is 10.6. The summed E-state index contributed by atoms with van der Waals surface area (Å²) in [5, 5.41) is 4.51. The lowest BCUT2D eigenvalue weighted by Gasteiger charge is -2.13. The summed E-state index contributed by atoms with van der Waals surface area (Å²) in [6.45, 7) is 3.86. The van der Waals surface area contributed by atoms with Crippen molar-refractivity contribution in [3.05, 3.63) is 28.3 Å². The molecule has 0 saturated heterocycles. The van der Waals surface area contributed by atoms with Gasteiger partial charge in [0.05, 0.1) is 7.11 Å². The third-order valence-corrected chi connectivity index (χ3v) is 3.12. The first kappa shape index (κ1) is 11.8. The van der Waals surface area contributed by atoms with Crippen LogP contribution in [0.25, 0.3) is 11.3 Å². The predicted octanol–water partition coefficient (Wildman–Crippen LogP) is 3.20. The van der Waals surface area contributed by atoms with E-state index in [0.29, 0.717) is 10.7 Å². The molecule has 0 bridgehead atoms. The van der Waals surface area contributed by atoms with E-state index >= 15 is 0 Å². The van der Waals surface area contributed by atoms with Crippen LogP contribution in [0.2, 0.25) is 5.02 Å². The molecule has 1 aromatic heterocycles. The Bertz CT molecular complexity index is 564. The SMILES string of the molecule is COc1c(C)c(Cl)cc(-c2cc(N)on2)c1C. The van der Waals surface area contributed by atoms with Crippen LogP contribution in [0, 0.1) is 13.8 Å². The minimum Gasteiger partial charge on any atom is -0.496 e. The number of hydrogen-bond donors (Lipinski definition) is 1. The Morgan fingerprint density at radius 2 is 2.00 bits per heavy atom. The van der Waals surface area contributed by atoms with Crippen molar-refractivity contribution in [2.24, 2.45) is 0 Å². The van der Waals surface area contributed by atoms with Gasteiger partial charge in [0, 0.05) is 27.8 Å². The molecule has 1 heterocycles. The van der Waals surface area contributed by atoms with E-state index in [-0.39, 0.29) is 5.88 Å². The number of ether oxygens (including phenoxy) is 1. The van der Waals surface area contributed by atoms with E-state index in [9.17, 15) is 0 Å². The number of nitrogen functional groups attached to an aromatic ring is 1. The lowest BCUT2D eigenvalue weighted by atomic mass is 10.0. The molecule has 0 saturated carbocycles. The van der Waals surface area contributed by atoms with Gasteiger partial charge in [-0.2, -0.15) is 0 Å². The van der Waals surface area contributed by atoms with Crippen molar-refractivity contribution in [3.8, 4) is 17.0 Å². The molecule has 5 heteroatoms. The molecule has 0 aliphatic heterocycles. The molecule has 0 aliphatic rings. The van der Waals surface area contributed by atoms with Crippen molar-refractivity contribution in [2.75, 3.05) is 12.8 Å². The van der Waals surface area contributed by atoms with E-state index in [4.69, 9.17) is 26.6 Å². The first-order valence-corrected chi connectivity index (χ1v) is 5.48. The van der Waals surface area contributed by atoms with Gasteiger partial charge in [0.2, 0.25) is 5.88 Å². The van der Waals surface area contributed by atoms with Gasteiger partial charge in [0.25, 0.3) is 0 Å². The Balaban J connectivity index is 2.67. The molecule has 0 atom stereocenters. The molecule has 90 valence electrons. The van der Waals surface area contributed by atoms with Crippen LogP contribution in [0.1, 0.15) is 11.1 Å². The predicted molar refractivity (Wildman–Crippen MR) is 67.4 cm³/mol. The molecule has 0 fully saturated rings. The topological polar surface area (TPSA) is 61.3 Å². The summed E-state index contributed by atoms with van der Waals surface area (Å²) in [5.74, 6) is 1.03. The first-order valence-electron chi connectivity index (χ1n) is 5.11. The Kier molecular flexibility index (Phi) is 2.98. The van der Waals surface area contributed by atoms with Gasteiger partial charge in [-0.1, -0.05) is 16.8 Å². The highest BCUT2D eigenvalue weighted by Crippen LogP contribution is 2.37. The van der Waals surface area contributed by atoms with Crippen molar-refractivity contribution >= 4 is 17.5 Å². The number of hydrogen-bond acceptors (Lipinski definition) is 4. The van der Waals surface area contributed by atoms with Crippen LogP contribution < -0.4 is 10.5 Å². The largest absolute Gasteiger partial charge is 0.496 e. The van der Waals surface area contributed by atoms with Crippen molar-refractivity contribution in [2.45, 2.75) is 13.8 Å². The van der Waals surface area contributed by atoms with Crippen molar-refractivity contribution in [3.63, 3.8) is 0 Å². The summed E-state index contributed by atoms with van der Waals surface area (Å²) in [5.41, 5.74) is 8.89. The lowest BCUT2D eigenvalue weighted by molar-refractivity contribution is 0.408. The summed E-state index contributed by atoms with van der Waals surface area (Å²) in [6, 6.07) is 3.50. The second-order valence-corrected chi connectivity index (χ2v) is 4.21. The highest BCUT2D eigenvalue weighted by Gasteiger charge is 2.15. The fourth-order valence-corrected chi connectivity index (χ4v) is 2.04. The minimum atomic E-state index is 0.273. The minimum absolute atomic E-state index is 0.273. The number of halogens is 1. The second kappa shape index (κ2) is 4.30. The molecule has 2 rings (SSSR count). The Hall–Kier alpha value is -1.68. The van der Waals surface area contributed by atoms with Gasteiger partial charge in [-0.25, -0.2) is 0 Å². The highest BCUT2D eigenvalue weighted by molar-refractivity contribution is 6.32. The number of benzene rings is 1. The maximum atomic E-state index is 6.16. The lowest BCUT2D eigenvalue weighted by Crippen LogP contribution is -1.95. The molecule has 0 spiro atoms. The van der Waals surface area contributed by atoms with Crippen LogP contribution in [-0.2, 0) is 0 Å². The van der Waals surface area contributed by atoms with E-state index in [2.05, 4.69) is 5.16 Å². The number of methoxy groups -OCH3 is 1. The highest BCUT2D eigenvalue weighted by atomic mass is 35.5. The number of anilines is 1. The van der Waals surface area contributed by atoms with Gasteiger partial charge in [0.15, 0.2) is 0 Å². The second-order valence-electron chi connectivity index (χ2n) is 3.80. The van der Waals surface area contributed by atoms with Crippen LogP contribution in [0.15, 0.2) is 16.7 Å². The van der Waals surface area contributed by atoms with Gasteiger partial charge >= 0.3 is 0 Å². The third kappa shape index (κ3) is 1.96. The average molecular weight is 253 g/mol. The molecule has 4 nitrogen and oxygen atoms in total. The maximum absolute atomic E-state index is 6.16. The van der Waals surface area contributed by atoms with Crippen LogP contribution in [-0.4, -0.2) is 12.3 Å². The summed E-state index contributed by atoms with van der Waals surface area (Å²) >= 11 is 6.16. The fourth-order valence-electron chi connectivity index (χ4n) is 1.84. The summed E-state index contributed by atoms with van der Waals surface area (Å²) < 4.78 is 10.2.